The van der Waals surface area contributed by atoms with E-state index in [0.717, 1.165) is 15.7 Å². The van der Waals surface area contributed by atoms with Crippen LogP contribution in [0.3, 0.4) is 0 Å². The topological polar surface area (TPSA) is 56.2 Å². The largest absolute Gasteiger partial charge is 0.452 e. The summed E-state index contributed by atoms with van der Waals surface area (Å²) in [6.45, 7) is 0. The van der Waals surface area contributed by atoms with Crippen LogP contribution in [0.2, 0.25) is 0 Å². The molecule has 0 unspecified atom stereocenters. The maximum absolute atomic E-state index is 12.8. The number of nitrogens with two attached hydrogens (primary N) is 1. The van der Waals surface area contributed by atoms with Crippen molar-refractivity contribution in [3.05, 3.63) is 47.6 Å². The molecular weight excluding hydrogens is 269 g/mol. The van der Waals surface area contributed by atoms with Crippen molar-refractivity contribution in [3.8, 4) is 0 Å². The molecule has 0 radical (unpaired) electrons. The van der Waals surface area contributed by atoms with Gasteiger partial charge in [0.15, 0.2) is 5.65 Å². The molecule has 1 aliphatic carbocycles. The van der Waals surface area contributed by atoms with Crippen molar-refractivity contribution in [2.75, 3.05) is 0 Å². The maximum atomic E-state index is 12.8. The second-order valence-corrected chi connectivity index (χ2v) is 4.60. The lowest BCUT2D eigenvalue weighted by Crippen LogP contribution is -2.11. The van der Waals surface area contributed by atoms with Gasteiger partial charge in [-0.15, -0.1) is 10.2 Å². The summed E-state index contributed by atoms with van der Waals surface area (Å²) in [4.78, 5) is 0. The number of alkyl halides is 3. The van der Waals surface area contributed by atoms with Crippen LogP contribution in [0.25, 0.3) is 11.2 Å². The molecule has 0 aliphatic heterocycles. The molecule has 0 spiro atoms. The van der Waals surface area contributed by atoms with Gasteiger partial charge in [-0.25, -0.2) is 0 Å². The van der Waals surface area contributed by atoms with Crippen molar-refractivity contribution in [1.29, 1.82) is 0 Å². The lowest BCUT2D eigenvalue weighted by molar-refractivity contribution is -0.145. The SMILES string of the molecule is NC1=CC=C(c2ccc3nnc(C(F)(F)F)n3c2)CC1. The molecule has 0 bridgehead atoms. The first-order valence-electron chi connectivity index (χ1n) is 6.03. The third-order valence-corrected chi connectivity index (χ3v) is 3.21. The number of nitrogens with zero attached hydrogens (tertiary/aromatic N) is 3. The molecular formula is C13H11F3N4. The minimum atomic E-state index is -4.52. The first kappa shape index (κ1) is 12.7. The lowest BCUT2D eigenvalue weighted by atomic mass is 9.97. The predicted molar refractivity (Wildman–Crippen MR) is 67.5 cm³/mol. The minimum absolute atomic E-state index is 0.174. The predicted octanol–water partition coefficient (Wildman–Crippen LogP) is 2.77. The normalized spacial score (nSPS) is 16.1. The second-order valence-electron chi connectivity index (χ2n) is 4.60. The number of fused-ring (bicyclic) bond motifs is 1. The number of hydrogen-bond acceptors (Lipinski definition) is 3. The van der Waals surface area contributed by atoms with Crippen LogP contribution in [-0.4, -0.2) is 14.6 Å². The molecule has 104 valence electrons. The molecule has 0 amide bonds. The summed E-state index contributed by atoms with van der Waals surface area (Å²) in [6.07, 6.45) is 1.91. The molecule has 20 heavy (non-hydrogen) atoms. The first-order chi connectivity index (χ1) is 9.45. The van der Waals surface area contributed by atoms with E-state index in [4.69, 9.17) is 5.73 Å². The van der Waals surface area contributed by atoms with Gasteiger partial charge in [-0.2, -0.15) is 13.2 Å². The van der Waals surface area contributed by atoms with Gasteiger partial charge in [0.05, 0.1) is 0 Å². The van der Waals surface area contributed by atoms with E-state index in [9.17, 15) is 13.2 Å². The third-order valence-electron chi connectivity index (χ3n) is 3.21. The van der Waals surface area contributed by atoms with Crippen molar-refractivity contribution in [3.63, 3.8) is 0 Å². The molecule has 0 atom stereocenters. The Bertz CT molecular complexity index is 725. The van der Waals surface area contributed by atoms with Crippen molar-refractivity contribution >= 4 is 11.2 Å². The van der Waals surface area contributed by atoms with Crippen molar-refractivity contribution in [2.24, 2.45) is 5.73 Å². The lowest BCUT2D eigenvalue weighted by Gasteiger charge is -2.13. The molecule has 3 rings (SSSR count). The molecule has 2 aromatic heterocycles. The van der Waals surface area contributed by atoms with Crippen LogP contribution in [0.5, 0.6) is 0 Å². The van der Waals surface area contributed by atoms with Gasteiger partial charge in [-0.3, -0.25) is 4.40 Å². The zero-order valence-corrected chi connectivity index (χ0v) is 10.4. The molecule has 2 heterocycles. The fraction of sp³-hybridized carbons (Fsp3) is 0.231. The summed E-state index contributed by atoms with van der Waals surface area (Å²) >= 11 is 0. The van der Waals surface area contributed by atoms with Gasteiger partial charge < -0.3 is 5.73 Å². The number of aromatic nitrogens is 3. The van der Waals surface area contributed by atoms with Gasteiger partial charge in [0.25, 0.3) is 0 Å². The summed E-state index contributed by atoms with van der Waals surface area (Å²) in [5.41, 5.74) is 8.28. The fourth-order valence-electron chi connectivity index (χ4n) is 2.17. The standard InChI is InChI=1S/C13H11F3N4/c14-13(15,16)12-19-18-11-6-3-9(7-20(11)12)8-1-4-10(17)5-2-8/h1,3-4,6-7H,2,5,17H2. The van der Waals surface area contributed by atoms with Crippen molar-refractivity contribution in [1.82, 2.24) is 14.6 Å². The Morgan fingerprint density at radius 1 is 1.10 bits per heavy atom. The van der Waals surface area contributed by atoms with Gasteiger partial charge >= 0.3 is 6.18 Å². The number of pyridine rings is 1. The number of hydrogen-bond donors (Lipinski definition) is 1. The Morgan fingerprint density at radius 2 is 1.90 bits per heavy atom. The summed E-state index contributed by atoms with van der Waals surface area (Å²) < 4.78 is 39.4. The van der Waals surface area contributed by atoms with Gasteiger partial charge in [-0.1, -0.05) is 6.08 Å². The molecule has 7 heteroatoms. The van der Waals surface area contributed by atoms with Crippen LogP contribution in [-0.2, 0) is 6.18 Å². The zero-order chi connectivity index (χ0) is 14.3. The van der Waals surface area contributed by atoms with Crippen LogP contribution >= 0.6 is 0 Å². The Morgan fingerprint density at radius 3 is 2.55 bits per heavy atom. The first-order valence-corrected chi connectivity index (χ1v) is 6.03. The van der Waals surface area contributed by atoms with E-state index < -0.39 is 12.0 Å². The second kappa shape index (κ2) is 4.36. The minimum Gasteiger partial charge on any atom is -0.402 e. The monoisotopic (exact) mass is 280 g/mol. The molecule has 4 nitrogen and oxygen atoms in total. The van der Waals surface area contributed by atoms with Gasteiger partial charge in [-0.05, 0) is 42.2 Å². The van der Waals surface area contributed by atoms with E-state index in [0.29, 0.717) is 18.4 Å². The van der Waals surface area contributed by atoms with E-state index in [-0.39, 0.29) is 5.65 Å². The van der Waals surface area contributed by atoms with Crippen LogP contribution in [0.15, 0.2) is 36.2 Å². The van der Waals surface area contributed by atoms with Crippen molar-refractivity contribution < 1.29 is 13.2 Å². The van der Waals surface area contributed by atoms with Crippen LogP contribution in [0.4, 0.5) is 13.2 Å². The average Bonchev–Trinajstić information content (AvgIpc) is 2.82. The number of halogens is 3. The molecule has 1 aliphatic rings. The molecule has 0 aromatic carbocycles. The molecule has 0 fully saturated rings. The van der Waals surface area contributed by atoms with E-state index in [1.165, 1.54) is 12.3 Å². The van der Waals surface area contributed by atoms with Gasteiger partial charge in [0, 0.05) is 11.9 Å². The summed E-state index contributed by atoms with van der Waals surface area (Å²) in [6, 6.07) is 3.27. The highest BCUT2D eigenvalue weighted by atomic mass is 19.4. The molecule has 2 aromatic rings. The highest BCUT2D eigenvalue weighted by Crippen LogP contribution is 2.30. The fourth-order valence-corrected chi connectivity index (χ4v) is 2.17. The third kappa shape index (κ3) is 2.15. The summed E-state index contributed by atoms with van der Waals surface area (Å²) in [7, 11) is 0. The van der Waals surface area contributed by atoms with E-state index in [1.807, 2.05) is 6.08 Å². The van der Waals surface area contributed by atoms with Gasteiger partial charge in [0.2, 0.25) is 5.82 Å². The smallest absolute Gasteiger partial charge is 0.402 e. The molecule has 0 saturated heterocycles. The Labute approximate surface area is 112 Å². The maximum Gasteiger partial charge on any atom is 0.452 e. The summed E-state index contributed by atoms with van der Waals surface area (Å²) in [5.74, 6) is -1.01. The Balaban J connectivity index is 2.11. The quantitative estimate of drug-likeness (QED) is 0.873. The molecule has 2 N–H and O–H groups in total. The van der Waals surface area contributed by atoms with E-state index in [1.54, 1.807) is 12.1 Å². The average molecular weight is 280 g/mol. The van der Waals surface area contributed by atoms with Crippen LogP contribution < -0.4 is 5.73 Å². The van der Waals surface area contributed by atoms with Crippen LogP contribution in [0, 0.1) is 0 Å². The van der Waals surface area contributed by atoms with Crippen LogP contribution in [0.1, 0.15) is 24.2 Å². The van der Waals surface area contributed by atoms with Gasteiger partial charge in [0.1, 0.15) is 0 Å². The number of rotatable bonds is 1. The van der Waals surface area contributed by atoms with Crippen molar-refractivity contribution in [2.45, 2.75) is 19.0 Å². The Hall–Kier alpha value is -2.31. The number of allylic oxidation sites excluding steroid dienone is 4. The molecule has 0 saturated carbocycles. The van der Waals surface area contributed by atoms with E-state index >= 15 is 0 Å². The Kier molecular flexibility index (Phi) is 2.77. The zero-order valence-electron chi connectivity index (χ0n) is 10.4. The summed E-state index contributed by atoms with van der Waals surface area (Å²) in [5, 5.41) is 6.73. The highest BCUT2D eigenvalue weighted by molar-refractivity contribution is 5.69. The van der Waals surface area contributed by atoms with E-state index in [2.05, 4.69) is 10.2 Å². The highest BCUT2D eigenvalue weighted by Gasteiger charge is 2.36.